The molecule has 0 aliphatic carbocycles. The van der Waals surface area contributed by atoms with E-state index in [0.29, 0.717) is 17.2 Å². The molecule has 37 heavy (non-hydrogen) atoms. The third-order valence-corrected chi connectivity index (χ3v) is 6.43. The molecule has 3 aromatic rings. The molecular weight excluding hydrogens is 512 g/mol. The first-order valence-corrected chi connectivity index (χ1v) is 14.0. The third kappa shape index (κ3) is 10.0. The number of esters is 1. The lowest BCUT2D eigenvalue weighted by Gasteiger charge is -2.20. The minimum atomic E-state index is -0.607. The van der Waals surface area contributed by atoms with Gasteiger partial charge >= 0.3 is 5.97 Å². The number of carbonyl (C=O) groups excluding carboxylic acids is 1. The molecule has 8 heteroatoms. The van der Waals surface area contributed by atoms with E-state index < -0.39 is 11.6 Å². The molecule has 0 saturated heterocycles. The van der Waals surface area contributed by atoms with Crippen LogP contribution in [0.2, 0.25) is 0 Å². The normalized spacial score (nSPS) is 11.1. The fourth-order valence-corrected chi connectivity index (χ4v) is 4.67. The third-order valence-electron chi connectivity index (χ3n) is 4.75. The quantitative estimate of drug-likeness (QED) is 0.153. The van der Waals surface area contributed by atoms with Crippen molar-refractivity contribution in [2.45, 2.75) is 56.6 Å². The van der Waals surface area contributed by atoms with E-state index in [-0.39, 0.29) is 18.2 Å². The molecule has 0 aliphatic rings. The van der Waals surface area contributed by atoms with Crippen molar-refractivity contribution in [3.05, 3.63) is 77.9 Å². The molecule has 0 aliphatic heterocycles. The fourth-order valence-electron chi connectivity index (χ4n) is 3.33. The van der Waals surface area contributed by atoms with Crippen LogP contribution in [0.4, 0.5) is 8.78 Å². The lowest BCUT2D eigenvalue weighted by Crippen LogP contribution is -2.27. The standard InChI is InChI=1S/C27H29F2NO3S2.C2H6/c1-27(2,3)33-26(31)17-32-24-13-6-18(16-30(4)35-21-10-8-20(28)9-11-21)14-22(24)19-7-12-23(29)25(15-19)34-5;1-2/h6-15H,16-17H2,1-5H3;1-2H3. The van der Waals surface area contributed by atoms with Crippen LogP contribution >= 0.6 is 23.7 Å². The maximum atomic E-state index is 14.1. The maximum absolute atomic E-state index is 14.1. The first-order valence-electron chi connectivity index (χ1n) is 12.0. The van der Waals surface area contributed by atoms with Gasteiger partial charge in [-0.15, -0.1) is 11.8 Å². The molecule has 0 radical (unpaired) electrons. The van der Waals surface area contributed by atoms with Crippen molar-refractivity contribution in [2.75, 3.05) is 19.9 Å². The predicted octanol–water partition coefficient (Wildman–Crippen LogP) is 8.24. The van der Waals surface area contributed by atoms with E-state index in [1.54, 1.807) is 45.0 Å². The van der Waals surface area contributed by atoms with Gasteiger partial charge in [0.05, 0.1) is 0 Å². The molecule has 3 rings (SSSR count). The zero-order valence-corrected chi connectivity index (χ0v) is 24.1. The van der Waals surface area contributed by atoms with E-state index in [1.165, 1.54) is 41.9 Å². The molecule has 0 amide bonds. The Hall–Kier alpha value is -2.55. The molecule has 0 N–H and O–H groups in total. The summed E-state index contributed by atoms with van der Waals surface area (Å²) in [5.74, 6) is -0.518. The molecule has 4 nitrogen and oxygen atoms in total. The SMILES string of the molecule is CC.CSc1cc(-c2cc(CN(C)Sc3ccc(F)cc3)ccc2OCC(=O)OC(C)(C)C)ccc1F. The molecule has 200 valence electrons. The van der Waals surface area contributed by atoms with Gasteiger partial charge in [-0.05, 0) is 106 Å². The van der Waals surface area contributed by atoms with Gasteiger partial charge in [-0.1, -0.05) is 26.0 Å². The van der Waals surface area contributed by atoms with E-state index in [0.717, 1.165) is 21.6 Å². The highest BCUT2D eigenvalue weighted by molar-refractivity contribution is 7.98. The second-order valence-corrected chi connectivity index (χ2v) is 11.0. The van der Waals surface area contributed by atoms with Crippen molar-refractivity contribution in [1.29, 1.82) is 0 Å². The first-order chi connectivity index (χ1) is 17.5. The monoisotopic (exact) mass is 547 g/mol. The minimum Gasteiger partial charge on any atom is -0.481 e. The summed E-state index contributed by atoms with van der Waals surface area (Å²) < 4.78 is 40.6. The molecule has 0 unspecified atom stereocenters. The number of thioether (sulfide) groups is 1. The Balaban J connectivity index is 0.00000235. The van der Waals surface area contributed by atoms with Gasteiger partial charge in [0.15, 0.2) is 6.61 Å². The Morgan fingerprint density at radius 3 is 2.27 bits per heavy atom. The number of nitrogens with zero attached hydrogens (tertiary/aromatic N) is 1. The van der Waals surface area contributed by atoms with Crippen LogP contribution < -0.4 is 4.74 Å². The van der Waals surface area contributed by atoms with Gasteiger partial charge in [0.2, 0.25) is 0 Å². The summed E-state index contributed by atoms with van der Waals surface area (Å²) in [6.07, 6.45) is 1.82. The van der Waals surface area contributed by atoms with Gasteiger partial charge in [0.1, 0.15) is 23.0 Å². The second kappa shape index (κ2) is 14.4. The number of carbonyl (C=O) groups is 1. The van der Waals surface area contributed by atoms with E-state index >= 15 is 0 Å². The summed E-state index contributed by atoms with van der Waals surface area (Å²) in [5, 5.41) is 0. The van der Waals surface area contributed by atoms with E-state index in [1.807, 2.05) is 49.7 Å². The van der Waals surface area contributed by atoms with Crippen molar-refractivity contribution in [3.63, 3.8) is 0 Å². The van der Waals surface area contributed by atoms with Gasteiger partial charge in [0.25, 0.3) is 0 Å². The molecule has 0 saturated carbocycles. The van der Waals surface area contributed by atoms with Gasteiger partial charge in [0, 0.05) is 21.9 Å². The van der Waals surface area contributed by atoms with Crippen LogP contribution in [0.25, 0.3) is 11.1 Å². The lowest BCUT2D eigenvalue weighted by atomic mass is 10.0. The zero-order valence-electron chi connectivity index (χ0n) is 22.4. The number of halogens is 2. The minimum absolute atomic E-state index is 0.236. The van der Waals surface area contributed by atoms with E-state index in [4.69, 9.17) is 9.47 Å². The van der Waals surface area contributed by atoms with Crippen LogP contribution in [0.15, 0.2) is 70.5 Å². The summed E-state index contributed by atoms with van der Waals surface area (Å²) in [4.78, 5) is 13.6. The summed E-state index contributed by atoms with van der Waals surface area (Å²) in [5.41, 5.74) is 1.92. The highest BCUT2D eigenvalue weighted by Crippen LogP contribution is 2.35. The summed E-state index contributed by atoms with van der Waals surface area (Å²) in [6.45, 7) is 9.76. The topological polar surface area (TPSA) is 38.8 Å². The molecule has 0 bridgehead atoms. The molecule has 0 fully saturated rings. The largest absolute Gasteiger partial charge is 0.481 e. The molecule has 0 atom stereocenters. The van der Waals surface area contributed by atoms with Crippen LogP contribution in [-0.4, -0.2) is 35.8 Å². The molecule has 0 heterocycles. The van der Waals surface area contributed by atoms with Crippen molar-refractivity contribution < 1.29 is 23.0 Å². The van der Waals surface area contributed by atoms with Crippen molar-refractivity contribution in [3.8, 4) is 16.9 Å². The predicted molar refractivity (Wildman–Crippen MR) is 150 cm³/mol. The number of ether oxygens (including phenoxy) is 2. The Bertz CT molecular complexity index is 1160. The summed E-state index contributed by atoms with van der Waals surface area (Å²) >= 11 is 2.83. The van der Waals surface area contributed by atoms with Crippen LogP contribution in [-0.2, 0) is 16.1 Å². The van der Waals surface area contributed by atoms with Gasteiger partial charge in [-0.3, -0.25) is 0 Å². The van der Waals surface area contributed by atoms with Gasteiger partial charge < -0.3 is 9.47 Å². The highest BCUT2D eigenvalue weighted by atomic mass is 32.2. The Morgan fingerprint density at radius 2 is 1.65 bits per heavy atom. The Morgan fingerprint density at radius 1 is 0.973 bits per heavy atom. The van der Waals surface area contributed by atoms with Gasteiger partial charge in [-0.2, -0.15) is 0 Å². The van der Waals surface area contributed by atoms with Crippen LogP contribution in [0.3, 0.4) is 0 Å². The summed E-state index contributed by atoms with van der Waals surface area (Å²) in [6, 6.07) is 17.0. The first kappa shape index (κ1) is 30.7. The Kier molecular flexibility index (Phi) is 11.9. The van der Waals surface area contributed by atoms with E-state index in [9.17, 15) is 13.6 Å². The number of benzene rings is 3. The molecule has 0 spiro atoms. The second-order valence-electron chi connectivity index (χ2n) is 8.89. The fraction of sp³-hybridized carbons (Fsp3) is 0.345. The summed E-state index contributed by atoms with van der Waals surface area (Å²) in [7, 11) is 1.95. The molecular formula is C29H35F2NO3S2. The van der Waals surface area contributed by atoms with Crippen molar-refractivity contribution >= 4 is 29.7 Å². The lowest BCUT2D eigenvalue weighted by molar-refractivity contribution is -0.157. The average molecular weight is 548 g/mol. The molecule has 0 aromatic heterocycles. The Labute approximate surface area is 227 Å². The number of hydrogen-bond donors (Lipinski definition) is 0. The number of rotatable bonds is 9. The highest BCUT2D eigenvalue weighted by Gasteiger charge is 2.18. The maximum Gasteiger partial charge on any atom is 0.344 e. The van der Waals surface area contributed by atoms with Crippen LogP contribution in [0.1, 0.15) is 40.2 Å². The van der Waals surface area contributed by atoms with Crippen LogP contribution in [0.5, 0.6) is 5.75 Å². The molecule has 3 aromatic carbocycles. The van der Waals surface area contributed by atoms with E-state index in [2.05, 4.69) is 0 Å². The van der Waals surface area contributed by atoms with Crippen molar-refractivity contribution in [1.82, 2.24) is 4.31 Å². The van der Waals surface area contributed by atoms with Crippen molar-refractivity contribution in [2.24, 2.45) is 0 Å². The smallest absolute Gasteiger partial charge is 0.344 e. The van der Waals surface area contributed by atoms with Crippen LogP contribution in [0, 0.1) is 11.6 Å². The van der Waals surface area contributed by atoms with Gasteiger partial charge in [-0.25, -0.2) is 17.9 Å². The zero-order chi connectivity index (χ0) is 27.6. The average Bonchev–Trinajstić information content (AvgIpc) is 2.85. The number of hydrogen-bond acceptors (Lipinski definition) is 6.